The maximum atomic E-state index is 12.3. The molecule has 0 bridgehead atoms. The number of benzene rings is 1. The summed E-state index contributed by atoms with van der Waals surface area (Å²) in [7, 11) is 0. The van der Waals surface area contributed by atoms with Crippen LogP contribution in [0.2, 0.25) is 0 Å². The van der Waals surface area contributed by atoms with E-state index in [1.165, 1.54) is 17.5 Å². The normalized spacial score (nSPS) is 13.2. The number of hydrogen-bond donors (Lipinski definition) is 2. The molecule has 0 aliphatic heterocycles. The Morgan fingerprint density at radius 2 is 1.68 bits per heavy atom. The predicted molar refractivity (Wildman–Crippen MR) is 104 cm³/mol. The minimum Gasteiger partial charge on any atom is -0.456 e. The van der Waals surface area contributed by atoms with Gasteiger partial charge in [-0.1, -0.05) is 12.1 Å². The summed E-state index contributed by atoms with van der Waals surface area (Å²) in [6.07, 6.45) is 4.24. The van der Waals surface area contributed by atoms with Gasteiger partial charge >= 0.3 is 12.0 Å². The Hall–Kier alpha value is -2.70. The number of amides is 3. The van der Waals surface area contributed by atoms with Crippen LogP contribution < -0.4 is 10.6 Å². The number of hydrogen-bond acceptors (Lipinski definition) is 5. The summed E-state index contributed by atoms with van der Waals surface area (Å²) >= 11 is 0. The maximum Gasteiger partial charge on any atom is 0.321 e. The van der Waals surface area contributed by atoms with Crippen LogP contribution in [0.1, 0.15) is 67.9 Å². The lowest BCUT2D eigenvalue weighted by atomic mass is 9.89. The molecule has 0 fully saturated rings. The molecule has 0 saturated heterocycles. The smallest absolute Gasteiger partial charge is 0.321 e. The van der Waals surface area contributed by atoms with E-state index in [0.717, 1.165) is 19.3 Å². The van der Waals surface area contributed by atoms with Crippen LogP contribution in [0.25, 0.3) is 0 Å². The highest BCUT2D eigenvalue weighted by atomic mass is 16.5. The fourth-order valence-corrected chi connectivity index (χ4v) is 3.02. The molecule has 28 heavy (non-hydrogen) atoms. The minimum atomic E-state index is -0.726. The third kappa shape index (κ3) is 7.13. The highest BCUT2D eigenvalue weighted by molar-refractivity contribution is 5.98. The number of ether oxygens (including phenoxy) is 1. The van der Waals surface area contributed by atoms with Crippen LogP contribution >= 0.6 is 0 Å². The number of ketones is 1. The number of imide groups is 1. The van der Waals surface area contributed by atoms with Gasteiger partial charge in [-0.3, -0.25) is 19.7 Å². The Morgan fingerprint density at radius 3 is 2.36 bits per heavy atom. The molecule has 0 atom stereocenters. The molecule has 1 aliphatic rings. The van der Waals surface area contributed by atoms with Crippen molar-refractivity contribution in [3.8, 4) is 0 Å². The zero-order valence-corrected chi connectivity index (χ0v) is 16.7. The molecule has 152 valence electrons. The Balaban J connectivity index is 1.72. The fourth-order valence-electron chi connectivity index (χ4n) is 3.02. The van der Waals surface area contributed by atoms with E-state index in [1.807, 2.05) is 12.1 Å². The van der Waals surface area contributed by atoms with Crippen molar-refractivity contribution < 1.29 is 23.9 Å². The number of carbonyl (C=O) groups is 4. The summed E-state index contributed by atoms with van der Waals surface area (Å²) in [6.45, 7) is 4.76. The second kappa shape index (κ2) is 9.48. The van der Waals surface area contributed by atoms with Gasteiger partial charge in [-0.05, 0) is 63.6 Å². The van der Waals surface area contributed by atoms with E-state index >= 15 is 0 Å². The first-order valence-corrected chi connectivity index (χ1v) is 9.57. The highest BCUT2D eigenvalue weighted by Gasteiger charge is 2.18. The van der Waals surface area contributed by atoms with E-state index in [4.69, 9.17) is 4.74 Å². The SMILES string of the molecule is CC(C)(C)NC(=O)NC(=O)COC(=O)CCC(=O)c1ccc2c(c1)CCCC2. The van der Waals surface area contributed by atoms with Crippen molar-refractivity contribution in [1.82, 2.24) is 10.6 Å². The topological polar surface area (TPSA) is 102 Å². The van der Waals surface area contributed by atoms with Gasteiger partial charge in [0.25, 0.3) is 5.91 Å². The average molecular weight is 388 g/mol. The monoisotopic (exact) mass is 388 g/mol. The van der Waals surface area contributed by atoms with E-state index in [9.17, 15) is 19.2 Å². The number of nitrogens with one attached hydrogen (secondary N) is 2. The van der Waals surface area contributed by atoms with Crippen LogP contribution in [0, 0.1) is 0 Å². The molecule has 2 N–H and O–H groups in total. The van der Waals surface area contributed by atoms with Gasteiger partial charge in [-0.15, -0.1) is 0 Å². The zero-order chi connectivity index (χ0) is 20.7. The summed E-state index contributed by atoms with van der Waals surface area (Å²) in [5, 5.41) is 4.64. The molecule has 2 rings (SSSR count). The maximum absolute atomic E-state index is 12.3. The van der Waals surface area contributed by atoms with Crippen molar-refractivity contribution >= 4 is 23.7 Å². The number of rotatable bonds is 6. The zero-order valence-electron chi connectivity index (χ0n) is 16.7. The molecule has 1 aliphatic carbocycles. The Labute approximate surface area is 165 Å². The summed E-state index contributed by atoms with van der Waals surface area (Å²) in [4.78, 5) is 47.3. The number of aryl methyl sites for hydroxylation is 2. The number of fused-ring (bicyclic) bond motifs is 1. The Morgan fingerprint density at radius 1 is 1.00 bits per heavy atom. The molecule has 1 aromatic carbocycles. The lowest BCUT2D eigenvalue weighted by molar-refractivity contribution is -0.148. The van der Waals surface area contributed by atoms with Crippen LogP contribution in [-0.4, -0.2) is 35.8 Å². The van der Waals surface area contributed by atoms with Crippen molar-refractivity contribution in [2.75, 3.05) is 6.61 Å². The van der Waals surface area contributed by atoms with E-state index in [2.05, 4.69) is 10.6 Å². The molecular weight excluding hydrogens is 360 g/mol. The molecule has 0 unspecified atom stereocenters. The van der Waals surface area contributed by atoms with Crippen LogP contribution in [0.5, 0.6) is 0 Å². The first-order chi connectivity index (χ1) is 13.1. The Kier molecular flexibility index (Phi) is 7.31. The average Bonchev–Trinajstić information content (AvgIpc) is 2.62. The molecule has 3 amide bonds. The molecule has 0 spiro atoms. The molecule has 0 saturated carbocycles. The van der Waals surface area contributed by atoms with Gasteiger partial charge in [0.2, 0.25) is 0 Å². The highest BCUT2D eigenvalue weighted by Crippen LogP contribution is 2.23. The van der Waals surface area contributed by atoms with Crippen LogP contribution in [0.4, 0.5) is 4.79 Å². The summed E-state index contributed by atoms with van der Waals surface area (Å²) < 4.78 is 4.83. The number of urea groups is 1. The minimum absolute atomic E-state index is 0.0176. The van der Waals surface area contributed by atoms with Gasteiger partial charge < -0.3 is 10.1 Å². The lowest BCUT2D eigenvalue weighted by Crippen LogP contribution is -2.49. The number of Topliss-reactive ketones (excluding diaryl/α,β-unsaturated/α-hetero) is 1. The van der Waals surface area contributed by atoms with Crippen molar-refractivity contribution in [2.24, 2.45) is 0 Å². The molecule has 1 aromatic rings. The van der Waals surface area contributed by atoms with E-state index in [1.54, 1.807) is 26.8 Å². The number of esters is 1. The second-order valence-electron chi connectivity index (χ2n) is 8.03. The summed E-state index contributed by atoms with van der Waals surface area (Å²) in [5.74, 6) is -1.51. The van der Waals surface area contributed by atoms with Crippen LogP contribution in [0.3, 0.4) is 0 Å². The Bertz CT molecular complexity index is 765. The fraction of sp³-hybridized carbons (Fsp3) is 0.524. The lowest BCUT2D eigenvalue weighted by Gasteiger charge is -2.20. The third-order valence-corrected chi connectivity index (χ3v) is 4.33. The molecule has 7 heteroatoms. The van der Waals surface area contributed by atoms with E-state index in [0.29, 0.717) is 5.56 Å². The first kappa shape index (κ1) is 21.6. The third-order valence-electron chi connectivity index (χ3n) is 4.33. The van der Waals surface area contributed by atoms with E-state index in [-0.39, 0.29) is 18.6 Å². The number of carbonyl (C=O) groups excluding carboxylic acids is 4. The molecule has 0 heterocycles. The van der Waals surface area contributed by atoms with Crippen molar-refractivity contribution in [2.45, 2.75) is 64.8 Å². The van der Waals surface area contributed by atoms with Gasteiger partial charge in [-0.25, -0.2) is 4.79 Å². The quantitative estimate of drug-likeness (QED) is 0.576. The van der Waals surface area contributed by atoms with E-state index < -0.39 is 30.1 Å². The van der Waals surface area contributed by atoms with Gasteiger partial charge in [0, 0.05) is 17.5 Å². The van der Waals surface area contributed by atoms with Gasteiger partial charge in [-0.2, -0.15) is 0 Å². The largest absolute Gasteiger partial charge is 0.456 e. The van der Waals surface area contributed by atoms with Gasteiger partial charge in [0.15, 0.2) is 12.4 Å². The first-order valence-electron chi connectivity index (χ1n) is 9.57. The predicted octanol–water partition coefficient (Wildman–Crippen LogP) is 2.70. The molecule has 0 aromatic heterocycles. The molecular formula is C21H28N2O5. The van der Waals surface area contributed by atoms with Crippen molar-refractivity contribution in [3.05, 3.63) is 34.9 Å². The summed E-state index contributed by atoms with van der Waals surface area (Å²) in [5.41, 5.74) is 2.62. The second-order valence-corrected chi connectivity index (χ2v) is 8.03. The van der Waals surface area contributed by atoms with Gasteiger partial charge in [0.1, 0.15) is 0 Å². The van der Waals surface area contributed by atoms with Crippen molar-refractivity contribution in [1.29, 1.82) is 0 Å². The van der Waals surface area contributed by atoms with Gasteiger partial charge in [0.05, 0.1) is 6.42 Å². The summed E-state index contributed by atoms with van der Waals surface area (Å²) in [6, 6.07) is 5.06. The molecule has 0 radical (unpaired) electrons. The van der Waals surface area contributed by atoms with Crippen molar-refractivity contribution in [3.63, 3.8) is 0 Å². The standard InChI is InChI=1S/C21H28N2O5/c1-21(2,3)23-20(27)22-18(25)13-28-19(26)11-10-17(24)16-9-8-14-6-4-5-7-15(14)12-16/h8-9,12H,4-7,10-11,13H2,1-3H3,(H2,22,23,25,27). The van der Waals surface area contributed by atoms with Crippen LogP contribution in [0.15, 0.2) is 18.2 Å². The van der Waals surface area contributed by atoms with Crippen LogP contribution in [-0.2, 0) is 27.2 Å². The molecule has 7 nitrogen and oxygen atoms in total.